The van der Waals surface area contributed by atoms with Gasteiger partial charge in [-0.2, -0.15) is 0 Å². The van der Waals surface area contributed by atoms with Crippen molar-refractivity contribution in [3.05, 3.63) is 64.7 Å². The molecule has 1 aliphatic heterocycles. The Bertz CT molecular complexity index is 589. The van der Waals surface area contributed by atoms with E-state index in [1.165, 1.54) is 11.1 Å². The molecule has 0 radical (unpaired) electrons. The number of benzene rings is 2. The van der Waals surface area contributed by atoms with Gasteiger partial charge in [0.05, 0.1) is 6.04 Å². The summed E-state index contributed by atoms with van der Waals surface area (Å²) in [4.78, 5) is 0. The zero-order chi connectivity index (χ0) is 14.7. The van der Waals surface area contributed by atoms with Crippen LogP contribution in [-0.4, -0.2) is 12.6 Å². The lowest BCUT2D eigenvalue weighted by molar-refractivity contribution is 0.178. The first-order valence-corrected chi connectivity index (χ1v) is 7.89. The SMILES string of the molecule is CCCNC(c1cccc(Cl)c1)C1Cc2ccccc2O1. The lowest BCUT2D eigenvalue weighted by Crippen LogP contribution is -2.35. The van der Waals surface area contributed by atoms with Gasteiger partial charge in [0, 0.05) is 11.4 Å². The van der Waals surface area contributed by atoms with Crippen LogP contribution < -0.4 is 10.1 Å². The molecule has 3 rings (SSSR count). The van der Waals surface area contributed by atoms with E-state index in [1.807, 2.05) is 30.3 Å². The van der Waals surface area contributed by atoms with Gasteiger partial charge in [-0.1, -0.05) is 48.9 Å². The molecule has 0 amide bonds. The summed E-state index contributed by atoms with van der Waals surface area (Å²) in [6.45, 7) is 3.14. The first-order valence-electron chi connectivity index (χ1n) is 7.51. The quantitative estimate of drug-likeness (QED) is 0.884. The predicted octanol–water partition coefficient (Wildman–Crippen LogP) is 4.38. The molecular formula is C18H20ClNO. The summed E-state index contributed by atoms with van der Waals surface area (Å²) in [5.74, 6) is 1.01. The molecule has 0 aromatic heterocycles. The number of hydrogen-bond acceptors (Lipinski definition) is 2. The lowest BCUT2D eigenvalue weighted by atomic mass is 9.97. The molecule has 3 heteroatoms. The van der Waals surface area contributed by atoms with Crippen molar-refractivity contribution in [2.45, 2.75) is 31.9 Å². The van der Waals surface area contributed by atoms with Crippen LogP contribution in [0.4, 0.5) is 0 Å². The number of nitrogens with one attached hydrogen (secondary N) is 1. The van der Waals surface area contributed by atoms with E-state index < -0.39 is 0 Å². The Hall–Kier alpha value is -1.51. The Morgan fingerprint density at radius 2 is 2.10 bits per heavy atom. The summed E-state index contributed by atoms with van der Waals surface area (Å²) < 4.78 is 6.15. The second kappa shape index (κ2) is 6.50. The van der Waals surface area contributed by atoms with Gasteiger partial charge in [0.15, 0.2) is 0 Å². The Morgan fingerprint density at radius 1 is 1.24 bits per heavy atom. The van der Waals surface area contributed by atoms with Crippen LogP contribution in [0.5, 0.6) is 5.75 Å². The fourth-order valence-electron chi connectivity index (χ4n) is 2.86. The molecule has 0 fully saturated rings. The van der Waals surface area contributed by atoms with Gasteiger partial charge < -0.3 is 10.1 Å². The Morgan fingerprint density at radius 3 is 2.86 bits per heavy atom. The van der Waals surface area contributed by atoms with E-state index in [9.17, 15) is 0 Å². The second-order valence-electron chi connectivity index (χ2n) is 5.45. The number of para-hydroxylation sites is 1. The number of hydrogen-bond donors (Lipinski definition) is 1. The first-order chi connectivity index (χ1) is 10.3. The molecular weight excluding hydrogens is 282 g/mol. The van der Waals surface area contributed by atoms with Gasteiger partial charge >= 0.3 is 0 Å². The highest BCUT2D eigenvalue weighted by Gasteiger charge is 2.30. The third-order valence-corrected chi connectivity index (χ3v) is 4.10. The normalized spacial score (nSPS) is 18.1. The molecule has 2 nitrogen and oxygen atoms in total. The van der Waals surface area contributed by atoms with E-state index in [0.29, 0.717) is 0 Å². The summed E-state index contributed by atoms with van der Waals surface area (Å²) in [7, 11) is 0. The second-order valence-corrected chi connectivity index (χ2v) is 5.89. The van der Waals surface area contributed by atoms with Crippen molar-refractivity contribution in [1.29, 1.82) is 0 Å². The van der Waals surface area contributed by atoms with Crippen LogP contribution in [0, 0.1) is 0 Å². The van der Waals surface area contributed by atoms with Gasteiger partial charge in [-0.3, -0.25) is 0 Å². The molecule has 2 aromatic carbocycles. The molecule has 2 atom stereocenters. The molecule has 1 heterocycles. The summed E-state index contributed by atoms with van der Waals surface area (Å²) in [6.07, 6.45) is 2.15. The summed E-state index contributed by atoms with van der Waals surface area (Å²) in [6, 6.07) is 16.5. The fourth-order valence-corrected chi connectivity index (χ4v) is 3.06. The van der Waals surface area contributed by atoms with E-state index in [2.05, 4.69) is 30.4 Å². The Labute approximate surface area is 131 Å². The maximum Gasteiger partial charge on any atom is 0.123 e. The zero-order valence-electron chi connectivity index (χ0n) is 12.2. The molecule has 0 spiro atoms. The topological polar surface area (TPSA) is 21.3 Å². The maximum atomic E-state index is 6.15. The van der Waals surface area contributed by atoms with Crippen molar-refractivity contribution in [2.24, 2.45) is 0 Å². The van der Waals surface area contributed by atoms with Gasteiger partial charge in [0.2, 0.25) is 0 Å². The molecule has 1 aliphatic rings. The van der Waals surface area contributed by atoms with Crippen LogP contribution in [0.1, 0.15) is 30.5 Å². The third kappa shape index (κ3) is 3.22. The molecule has 0 saturated carbocycles. The molecule has 21 heavy (non-hydrogen) atoms. The van der Waals surface area contributed by atoms with Gasteiger partial charge in [-0.05, 0) is 42.3 Å². The van der Waals surface area contributed by atoms with E-state index in [0.717, 1.165) is 30.2 Å². The number of ether oxygens (including phenoxy) is 1. The van der Waals surface area contributed by atoms with Crippen molar-refractivity contribution >= 4 is 11.6 Å². The number of halogens is 1. The van der Waals surface area contributed by atoms with Crippen LogP contribution in [0.15, 0.2) is 48.5 Å². The highest BCUT2D eigenvalue weighted by Crippen LogP contribution is 2.34. The summed E-state index contributed by atoms with van der Waals surface area (Å²) in [5.41, 5.74) is 2.47. The Kier molecular flexibility index (Phi) is 4.47. The summed E-state index contributed by atoms with van der Waals surface area (Å²) in [5, 5.41) is 4.38. The molecule has 0 bridgehead atoms. The first kappa shape index (κ1) is 14.4. The molecule has 1 N–H and O–H groups in total. The fraction of sp³-hybridized carbons (Fsp3) is 0.333. The van der Waals surface area contributed by atoms with E-state index in [-0.39, 0.29) is 12.1 Å². The maximum absolute atomic E-state index is 6.15. The Balaban J connectivity index is 1.84. The predicted molar refractivity (Wildman–Crippen MR) is 87.0 cm³/mol. The highest BCUT2D eigenvalue weighted by molar-refractivity contribution is 6.30. The highest BCUT2D eigenvalue weighted by atomic mass is 35.5. The van der Waals surface area contributed by atoms with Crippen LogP contribution >= 0.6 is 11.6 Å². The minimum atomic E-state index is 0.118. The van der Waals surface area contributed by atoms with Crippen molar-refractivity contribution in [2.75, 3.05) is 6.54 Å². The smallest absolute Gasteiger partial charge is 0.123 e. The van der Waals surface area contributed by atoms with E-state index in [4.69, 9.17) is 16.3 Å². The lowest BCUT2D eigenvalue weighted by Gasteiger charge is -2.25. The number of rotatable bonds is 5. The third-order valence-electron chi connectivity index (χ3n) is 3.87. The minimum absolute atomic E-state index is 0.118. The summed E-state index contributed by atoms with van der Waals surface area (Å²) >= 11 is 6.15. The standard InChI is InChI=1S/C18H20ClNO/c1-2-10-20-18(14-7-5-8-15(19)11-14)17-12-13-6-3-4-9-16(13)21-17/h3-9,11,17-18,20H,2,10,12H2,1H3. The van der Waals surface area contributed by atoms with E-state index >= 15 is 0 Å². The van der Waals surface area contributed by atoms with Crippen molar-refractivity contribution < 1.29 is 4.74 Å². The minimum Gasteiger partial charge on any atom is -0.488 e. The van der Waals surface area contributed by atoms with E-state index in [1.54, 1.807) is 0 Å². The van der Waals surface area contributed by atoms with Gasteiger partial charge in [0.25, 0.3) is 0 Å². The van der Waals surface area contributed by atoms with Crippen LogP contribution in [-0.2, 0) is 6.42 Å². The monoisotopic (exact) mass is 301 g/mol. The van der Waals surface area contributed by atoms with Gasteiger partial charge in [-0.25, -0.2) is 0 Å². The van der Waals surface area contributed by atoms with Gasteiger partial charge in [-0.15, -0.1) is 0 Å². The van der Waals surface area contributed by atoms with Crippen molar-refractivity contribution in [1.82, 2.24) is 5.32 Å². The van der Waals surface area contributed by atoms with Crippen LogP contribution in [0.25, 0.3) is 0 Å². The van der Waals surface area contributed by atoms with Crippen LogP contribution in [0.3, 0.4) is 0 Å². The molecule has 110 valence electrons. The average Bonchev–Trinajstić information content (AvgIpc) is 2.91. The van der Waals surface area contributed by atoms with Crippen molar-refractivity contribution in [3.63, 3.8) is 0 Å². The van der Waals surface area contributed by atoms with Crippen molar-refractivity contribution in [3.8, 4) is 5.75 Å². The molecule has 2 unspecified atom stereocenters. The largest absolute Gasteiger partial charge is 0.488 e. The molecule has 0 saturated heterocycles. The van der Waals surface area contributed by atoms with Gasteiger partial charge in [0.1, 0.15) is 11.9 Å². The average molecular weight is 302 g/mol. The molecule has 0 aliphatic carbocycles. The van der Waals surface area contributed by atoms with Crippen LogP contribution in [0.2, 0.25) is 5.02 Å². The molecule has 2 aromatic rings. The number of fused-ring (bicyclic) bond motifs is 1. The zero-order valence-corrected chi connectivity index (χ0v) is 12.9.